The SMILES string of the molecule is CC(C)(O)C[C@@H]1N[C@@H](C(=O)O)[C@H](c2cccc(Cl)c2F)[C@@]1(C#N)c1ccc(Cl)cc1F.O=C(O)C(F)(F)F. The molecule has 4 atom stereocenters. The summed E-state index contributed by atoms with van der Waals surface area (Å²) in [6, 6.07) is 7.33. The van der Waals surface area contributed by atoms with Crippen LogP contribution in [0, 0.1) is 23.0 Å². The molecular formula is C24H21Cl2F5N2O5. The molecule has 38 heavy (non-hydrogen) atoms. The fourth-order valence-electron chi connectivity index (χ4n) is 4.43. The van der Waals surface area contributed by atoms with Gasteiger partial charge in [0.25, 0.3) is 0 Å². The topological polar surface area (TPSA) is 131 Å². The Morgan fingerprint density at radius 1 is 1.13 bits per heavy atom. The highest BCUT2D eigenvalue weighted by Gasteiger charge is 2.61. The number of carboxylic acids is 2. The summed E-state index contributed by atoms with van der Waals surface area (Å²) in [7, 11) is 0. The van der Waals surface area contributed by atoms with Crippen LogP contribution in [-0.4, -0.2) is 51.1 Å². The summed E-state index contributed by atoms with van der Waals surface area (Å²) in [5.41, 5.74) is -3.51. The molecule has 0 aromatic heterocycles. The first kappa shape index (κ1) is 31.2. The number of nitriles is 1. The second kappa shape index (κ2) is 11.4. The van der Waals surface area contributed by atoms with Gasteiger partial charge in [-0.1, -0.05) is 41.4 Å². The third-order valence-corrected chi connectivity index (χ3v) is 6.37. The van der Waals surface area contributed by atoms with Crippen molar-refractivity contribution in [2.45, 2.75) is 55.5 Å². The predicted molar refractivity (Wildman–Crippen MR) is 126 cm³/mol. The van der Waals surface area contributed by atoms with Gasteiger partial charge in [0.15, 0.2) is 0 Å². The van der Waals surface area contributed by atoms with Crippen molar-refractivity contribution in [1.29, 1.82) is 5.26 Å². The average molecular weight is 583 g/mol. The van der Waals surface area contributed by atoms with E-state index in [2.05, 4.69) is 11.4 Å². The Labute approximate surface area is 223 Å². The minimum absolute atomic E-state index is 0.0830. The molecular weight excluding hydrogens is 562 g/mol. The van der Waals surface area contributed by atoms with Crippen LogP contribution in [0.4, 0.5) is 22.0 Å². The van der Waals surface area contributed by atoms with Crippen molar-refractivity contribution in [2.75, 3.05) is 0 Å². The van der Waals surface area contributed by atoms with Gasteiger partial charge in [0.1, 0.15) is 23.1 Å². The monoisotopic (exact) mass is 582 g/mol. The van der Waals surface area contributed by atoms with Gasteiger partial charge in [0.05, 0.1) is 16.7 Å². The lowest BCUT2D eigenvalue weighted by atomic mass is 9.63. The maximum atomic E-state index is 15.1. The van der Waals surface area contributed by atoms with Crippen molar-refractivity contribution >= 4 is 35.1 Å². The molecule has 14 heteroatoms. The molecule has 1 aliphatic heterocycles. The third kappa shape index (κ3) is 6.53. The van der Waals surface area contributed by atoms with Crippen molar-refractivity contribution in [2.24, 2.45) is 0 Å². The molecule has 0 aliphatic carbocycles. The highest BCUT2D eigenvalue weighted by atomic mass is 35.5. The molecule has 0 unspecified atom stereocenters. The van der Waals surface area contributed by atoms with E-state index in [9.17, 15) is 33.4 Å². The molecule has 7 nitrogen and oxygen atoms in total. The van der Waals surface area contributed by atoms with E-state index in [1.807, 2.05) is 0 Å². The van der Waals surface area contributed by atoms with Crippen molar-refractivity contribution in [3.63, 3.8) is 0 Å². The fraction of sp³-hybridized carbons (Fsp3) is 0.375. The van der Waals surface area contributed by atoms with Gasteiger partial charge < -0.3 is 15.3 Å². The maximum Gasteiger partial charge on any atom is 0.490 e. The number of benzene rings is 2. The summed E-state index contributed by atoms with van der Waals surface area (Å²) < 4.78 is 62.0. The minimum atomic E-state index is -5.08. The first-order valence-corrected chi connectivity index (χ1v) is 11.4. The van der Waals surface area contributed by atoms with E-state index in [0.29, 0.717) is 0 Å². The lowest BCUT2D eigenvalue weighted by Gasteiger charge is -2.37. The van der Waals surface area contributed by atoms with Crippen LogP contribution in [0.2, 0.25) is 10.0 Å². The van der Waals surface area contributed by atoms with Crippen molar-refractivity contribution in [3.8, 4) is 6.07 Å². The molecule has 2 aromatic rings. The first-order valence-electron chi connectivity index (χ1n) is 10.7. The number of halogens is 7. The number of hydrogen-bond acceptors (Lipinski definition) is 5. The van der Waals surface area contributed by atoms with Gasteiger partial charge in [0.2, 0.25) is 0 Å². The lowest BCUT2D eigenvalue weighted by Crippen LogP contribution is -2.46. The number of rotatable bonds is 5. The van der Waals surface area contributed by atoms with Crippen LogP contribution < -0.4 is 5.32 Å². The Bertz CT molecular complexity index is 1260. The van der Waals surface area contributed by atoms with Crippen LogP contribution in [0.15, 0.2) is 36.4 Å². The summed E-state index contributed by atoms with van der Waals surface area (Å²) >= 11 is 11.8. The molecule has 4 N–H and O–H groups in total. The molecule has 2 aromatic carbocycles. The first-order chi connectivity index (χ1) is 17.4. The van der Waals surface area contributed by atoms with Crippen LogP contribution in [0.25, 0.3) is 0 Å². The Morgan fingerprint density at radius 2 is 1.71 bits per heavy atom. The van der Waals surface area contributed by atoms with E-state index in [-0.39, 0.29) is 27.6 Å². The maximum absolute atomic E-state index is 15.1. The van der Waals surface area contributed by atoms with E-state index >= 15 is 8.78 Å². The molecule has 0 spiro atoms. The summed E-state index contributed by atoms with van der Waals surface area (Å²) in [5.74, 6) is -7.18. The fourth-order valence-corrected chi connectivity index (χ4v) is 4.77. The van der Waals surface area contributed by atoms with E-state index in [1.165, 1.54) is 44.2 Å². The van der Waals surface area contributed by atoms with Crippen LogP contribution in [0.5, 0.6) is 0 Å². The van der Waals surface area contributed by atoms with Gasteiger partial charge >= 0.3 is 18.1 Å². The lowest BCUT2D eigenvalue weighted by molar-refractivity contribution is -0.192. The number of nitrogens with zero attached hydrogens (tertiary/aromatic N) is 1. The highest BCUT2D eigenvalue weighted by Crippen LogP contribution is 2.52. The Balaban J connectivity index is 0.000000638. The zero-order chi connectivity index (χ0) is 29.2. The molecule has 0 saturated carbocycles. The molecule has 0 radical (unpaired) electrons. The van der Waals surface area contributed by atoms with Gasteiger partial charge in [-0.3, -0.25) is 10.1 Å². The zero-order valence-electron chi connectivity index (χ0n) is 19.7. The largest absolute Gasteiger partial charge is 0.490 e. The zero-order valence-corrected chi connectivity index (χ0v) is 21.2. The van der Waals surface area contributed by atoms with Crippen molar-refractivity contribution < 1.29 is 46.9 Å². The second-order valence-electron chi connectivity index (χ2n) is 9.08. The van der Waals surface area contributed by atoms with E-state index in [1.54, 1.807) is 0 Å². The van der Waals surface area contributed by atoms with Crippen molar-refractivity contribution in [3.05, 3.63) is 69.2 Å². The molecule has 0 bridgehead atoms. The van der Waals surface area contributed by atoms with Crippen LogP contribution in [0.3, 0.4) is 0 Å². The third-order valence-electron chi connectivity index (χ3n) is 5.84. The van der Waals surface area contributed by atoms with Crippen LogP contribution >= 0.6 is 23.2 Å². The van der Waals surface area contributed by atoms with E-state index in [4.69, 9.17) is 33.1 Å². The standard InChI is InChI=1S/C22H20Cl2F2N2O3.C2HF3O2/c1-21(2,31)9-16-22(10-27,13-7-6-11(23)8-15(13)25)17(19(28-16)20(29)30)12-4-3-5-14(24)18(12)26;3-2(4,5)1(6)7/h3-8,16-17,19,28,31H,9H2,1-2H3,(H,29,30);(H,6,7)/t16-,17-,19+,22-;/m0./s1. The number of aliphatic hydroxyl groups is 1. The quantitative estimate of drug-likeness (QED) is 0.363. The predicted octanol–water partition coefficient (Wildman–Crippen LogP) is 5.04. The Hall–Kier alpha value is -2.98. The van der Waals surface area contributed by atoms with Crippen molar-refractivity contribution in [1.82, 2.24) is 5.32 Å². The van der Waals surface area contributed by atoms with Crippen LogP contribution in [0.1, 0.15) is 37.3 Å². The summed E-state index contributed by atoms with van der Waals surface area (Å²) in [6.45, 7) is 2.97. The van der Waals surface area contributed by atoms with Crippen LogP contribution in [-0.2, 0) is 15.0 Å². The molecule has 1 aliphatic rings. The molecule has 1 fully saturated rings. The van der Waals surface area contributed by atoms with Gasteiger partial charge in [0, 0.05) is 22.5 Å². The van der Waals surface area contributed by atoms with Gasteiger partial charge in [-0.15, -0.1) is 0 Å². The van der Waals surface area contributed by atoms with Gasteiger partial charge in [-0.2, -0.15) is 18.4 Å². The van der Waals surface area contributed by atoms with E-state index in [0.717, 1.165) is 6.07 Å². The number of hydrogen-bond donors (Lipinski definition) is 4. The summed E-state index contributed by atoms with van der Waals surface area (Å²) in [4.78, 5) is 21.1. The van der Waals surface area contributed by atoms with E-state index < -0.39 is 58.8 Å². The van der Waals surface area contributed by atoms with Gasteiger partial charge in [-0.05, 0) is 44.0 Å². The molecule has 1 heterocycles. The molecule has 1 saturated heterocycles. The number of nitrogens with one attached hydrogen (secondary N) is 1. The Kier molecular flexibility index (Phi) is 9.38. The number of alkyl halides is 3. The normalized spacial score (nSPS) is 23.2. The average Bonchev–Trinajstić information content (AvgIpc) is 3.08. The van der Waals surface area contributed by atoms with Gasteiger partial charge in [-0.25, -0.2) is 13.6 Å². The smallest absolute Gasteiger partial charge is 0.480 e. The highest BCUT2D eigenvalue weighted by molar-refractivity contribution is 6.31. The Morgan fingerprint density at radius 3 is 2.16 bits per heavy atom. The number of carbonyl (C=O) groups is 2. The number of carboxylic acid groups (broad SMARTS) is 2. The molecule has 206 valence electrons. The second-order valence-corrected chi connectivity index (χ2v) is 9.92. The molecule has 3 rings (SSSR count). The molecule has 0 amide bonds. The summed E-state index contributed by atoms with van der Waals surface area (Å²) in [5, 5.41) is 40.5. The minimum Gasteiger partial charge on any atom is -0.480 e. The number of aliphatic carboxylic acids is 2. The summed E-state index contributed by atoms with van der Waals surface area (Å²) in [6.07, 6.45) is -5.19.